The van der Waals surface area contributed by atoms with Gasteiger partial charge in [-0.05, 0) is 0 Å². The summed E-state index contributed by atoms with van der Waals surface area (Å²) in [5.41, 5.74) is 2.69. The van der Waals surface area contributed by atoms with Crippen LogP contribution in [0.15, 0.2) is 18.2 Å². The first-order valence-electron chi connectivity index (χ1n) is 7.55. The van der Waals surface area contributed by atoms with Crippen molar-refractivity contribution in [3.05, 3.63) is 29.3 Å². The Labute approximate surface area is 148 Å². The van der Waals surface area contributed by atoms with Gasteiger partial charge in [-0.15, -0.1) is 0 Å². The van der Waals surface area contributed by atoms with Gasteiger partial charge in [-0.2, -0.15) is 0 Å². The molecule has 0 N–H and O–H groups in total. The third-order valence-corrected chi connectivity index (χ3v) is 5.15. The van der Waals surface area contributed by atoms with Crippen LogP contribution in [0.3, 0.4) is 0 Å². The molecule has 0 heterocycles. The summed E-state index contributed by atoms with van der Waals surface area (Å²) in [5, 5.41) is 0. The molecule has 1 aromatic carbocycles. The summed E-state index contributed by atoms with van der Waals surface area (Å²) in [5.74, 6) is 0.866. The fraction of sp³-hybridized carbons (Fsp3) is 0.611. The van der Waals surface area contributed by atoms with Crippen molar-refractivity contribution in [1.29, 1.82) is 0 Å². The van der Waals surface area contributed by atoms with E-state index >= 15 is 0 Å². The van der Waals surface area contributed by atoms with E-state index in [0.29, 0.717) is 0 Å². The van der Waals surface area contributed by atoms with Crippen LogP contribution in [0.25, 0.3) is 0 Å². The molecule has 0 saturated heterocycles. The molecule has 4 heteroatoms. The maximum atomic E-state index is 6.09. The molecule has 0 unspecified atom stereocenters. The molecule has 0 fully saturated rings. The summed E-state index contributed by atoms with van der Waals surface area (Å²) in [4.78, 5) is 0. The quantitative estimate of drug-likeness (QED) is 0.499. The van der Waals surface area contributed by atoms with E-state index in [1.54, 1.807) is 0 Å². The molecule has 0 atom stereocenters. The Balaban J connectivity index is 3.26. The normalized spacial score (nSPS) is 13.3. The molecule has 0 amide bonds. The Morgan fingerprint density at radius 2 is 1.73 bits per heavy atom. The second-order valence-electron chi connectivity index (χ2n) is 7.85. The van der Waals surface area contributed by atoms with Crippen LogP contribution >= 0.6 is 19.4 Å². The monoisotopic (exact) mass is 432 g/mol. The van der Waals surface area contributed by atoms with Gasteiger partial charge in [0.2, 0.25) is 0 Å². The average Bonchev–Trinajstić information content (AvgIpc) is 2.26. The van der Waals surface area contributed by atoms with Gasteiger partial charge in [-0.25, -0.2) is 0 Å². The number of benzene rings is 1. The predicted octanol–water partition coefficient (Wildman–Crippen LogP) is 6.26. The van der Waals surface area contributed by atoms with Crippen molar-refractivity contribution in [3.63, 3.8) is 0 Å². The summed E-state index contributed by atoms with van der Waals surface area (Å²) >= 11 is -1.89. The van der Waals surface area contributed by atoms with Gasteiger partial charge in [0.25, 0.3) is 0 Å². The van der Waals surface area contributed by atoms with Crippen molar-refractivity contribution >= 4 is 24.0 Å². The number of hydrogen-bond donors (Lipinski definition) is 0. The van der Waals surface area contributed by atoms with Gasteiger partial charge in [-0.3, -0.25) is 0 Å². The SMILES string of the molecule is CC(C)Oc1ccc(C(C)(C)CC(C)(C)C)cc1[CH]=[Ru]([Cl])[Cl]. The Morgan fingerprint density at radius 3 is 2.18 bits per heavy atom. The van der Waals surface area contributed by atoms with Crippen LogP contribution in [0.1, 0.15) is 66.0 Å². The summed E-state index contributed by atoms with van der Waals surface area (Å²) < 4.78 is 7.86. The molecular weight excluding hydrogens is 404 g/mol. The fourth-order valence-electron chi connectivity index (χ4n) is 2.92. The molecule has 0 aliphatic rings. The second-order valence-corrected chi connectivity index (χ2v) is 13.6. The van der Waals surface area contributed by atoms with Crippen LogP contribution in [-0.4, -0.2) is 10.7 Å². The molecule has 1 nitrogen and oxygen atoms in total. The summed E-state index contributed by atoms with van der Waals surface area (Å²) in [6.07, 6.45) is 1.24. The molecule has 0 aromatic heterocycles. The molecule has 0 aliphatic heterocycles. The summed E-state index contributed by atoms with van der Waals surface area (Å²) in [7, 11) is 12.2. The van der Waals surface area contributed by atoms with E-state index in [4.69, 9.17) is 24.1 Å². The van der Waals surface area contributed by atoms with Crippen molar-refractivity contribution in [2.75, 3.05) is 0 Å². The van der Waals surface area contributed by atoms with Gasteiger partial charge < -0.3 is 0 Å². The van der Waals surface area contributed by atoms with E-state index in [-0.39, 0.29) is 16.9 Å². The Morgan fingerprint density at radius 1 is 1.14 bits per heavy atom. The zero-order valence-corrected chi connectivity index (χ0v) is 17.9. The van der Waals surface area contributed by atoms with Crippen LogP contribution in [0.4, 0.5) is 0 Å². The predicted molar refractivity (Wildman–Crippen MR) is 96.2 cm³/mol. The molecular formula is C18H28Cl2ORu. The van der Waals surface area contributed by atoms with E-state index in [9.17, 15) is 0 Å². The standard InChI is InChI=1S/C18H28O.2ClH.Ru/c1-13(2)19-16-10-9-15(11-14(16)3)18(7,8)12-17(4,5)6;;;/h3,9-11,13H,12H2,1-2,4-8H3;2*1H;/q;;;+2/p-2. The van der Waals surface area contributed by atoms with Crippen molar-refractivity contribution in [1.82, 2.24) is 0 Å². The van der Waals surface area contributed by atoms with Crippen LogP contribution < -0.4 is 4.74 Å². The van der Waals surface area contributed by atoms with Crippen molar-refractivity contribution in [2.24, 2.45) is 5.41 Å². The van der Waals surface area contributed by atoms with Crippen molar-refractivity contribution < 1.29 is 18.3 Å². The zero-order chi connectivity index (χ0) is 17.1. The number of hydrogen-bond acceptors (Lipinski definition) is 1. The molecule has 0 aliphatic carbocycles. The Bertz CT molecular complexity index is 539. The maximum absolute atomic E-state index is 6.09. The molecule has 0 saturated carbocycles. The number of ether oxygens (including phenoxy) is 1. The molecule has 1 rings (SSSR count). The third kappa shape index (κ3) is 6.69. The van der Waals surface area contributed by atoms with Crippen molar-refractivity contribution in [2.45, 2.75) is 66.4 Å². The van der Waals surface area contributed by atoms with E-state index in [1.807, 2.05) is 18.5 Å². The topological polar surface area (TPSA) is 9.23 Å². The van der Waals surface area contributed by atoms with Crippen molar-refractivity contribution in [3.8, 4) is 5.75 Å². The Hall–Kier alpha value is 0.0934. The summed E-state index contributed by atoms with van der Waals surface area (Å²) in [6.45, 7) is 15.5. The van der Waals surface area contributed by atoms with Crippen LogP contribution in [0, 0.1) is 5.41 Å². The molecule has 128 valence electrons. The molecule has 0 spiro atoms. The van der Waals surface area contributed by atoms with E-state index in [0.717, 1.165) is 17.7 Å². The van der Waals surface area contributed by atoms with Gasteiger partial charge in [0, 0.05) is 0 Å². The van der Waals surface area contributed by atoms with Gasteiger partial charge in [0.05, 0.1) is 0 Å². The molecule has 1 aromatic rings. The van der Waals surface area contributed by atoms with Crippen LogP contribution in [0.2, 0.25) is 0 Å². The van der Waals surface area contributed by atoms with Gasteiger partial charge in [0.15, 0.2) is 0 Å². The molecule has 0 radical (unpaired) electrons. The minimum atomic E-state index is -1.89. The van der Waals surface area contributed by atoms with Crippen LogP contribution in [-0.2, 0) is 18.9 Å². The third-order valence-electron chi connectivity index (χ3n) is 3.31. The second kappa shape index (κ2) is 7.78. The van der Waals surface area contributed by atoms with E-state index < -0.39 is 13.5 Å². The van der Waals surface area contributed by atoms with E-state index in [2.05, 4.69) is 52.8 Å². The first-order chi connectivity index (χ1) is 9.90. The number of halogens is 2. The van der Waals surface area contributed by atoms with E-state index in [1.165, 1.54) is 5.56 Å². The minimum absolute atomic E-state index is 0.0907. The zero-order valence-electron chi connectivity index (χ0n) is 14.6. The van der Waals surface area contributed by atoms with Gasteiger partial charge in [0.1, 0.15) is 0 Å². The van der Waals surface area contributed by atoms with Gasteiger partial charge in [-0.1, -0.05) is 0 Å². The Kier molecular flexibility index (Phi) is 7.12. The molecule has 0 bridgehead atoms. The molecule has 22 heavy (non-hydrogen) atoms. The van der Waals surface area contributed by atoms with Gasteiger partial charge >= 0.3 is 149 Å². The first-order valence-corrected chi connectivity index (χ1v) is 13.0. The fourth-order valence-corrected chi connectivity index (χ4v) is 4.71. The first kappa shape index (κ1) is 20.1. The number of rotatable bonds is 5. The summed E-state index contributed by atoms with van der Waals surface area (Å²) in [6, 6.07) is 6.41. The average molecular weight is 432 g/mol. The van der Waals surface area contributed by atoms with Crippen LogP contribution in [0.5, 0.6) is 5.75 Å².